The molecule has 0 aromatic heterocycles. The second-order valence-corrected chi connectivity index (χ2v) is 5.80. The summed E-state index contributed by atoms with van der Waals surface area (Å²) in [6.07, 6.45) is 0. The molecule has 0 fully saturated rings. The van der Waals surface area contributed by atoms with Crippen LogP contribution in [-0.2, 0) is 0 Å². The van der Waals surface area contributed by atoms with Crippen LogP contribution in [0, 0.1) is 5.82 Å². The molecule has 3 unspecified atom stereocenters. The monoisotopic (exact) mass is 281 g/mol. The first-order chi connectivity index (χ1) is 9.36. The lowest BCUT2D eigenvalue weighted by Crippen LogP contribution is -2.47. The molecule has 2 N–H and O–H groups in total. The smallest absolute Gasteiger partial charge is 0.123 e. The van der Waals surface area contributed by atoms with Gasteiger partial charge in [0.2, 0.25) is 0 Å². The van der Waals surface area contributed by atoms with Gasteiger partial charge in [-0.15, -0.1) is 0 Å². The van der Waals surface area contributed by atoms with Gasteiger partial charge in [0.05, 0.1) is 6.04 Å². The van der Waals surface area contributed by atoms with E-state index in [0.29, 0.717) is 6.04 Å². The van der Waals surface area contributed by atoms with E-state index in [0.717, 1.165) is 18.7 Å². The van der Waals surface area contributed by atoms with Crippen molar-refractivity contribution in [3.8, 4) is 0 Å². The van der Waals surface area contributed by atoms with Gasteiger partial charge in [0.25, 0.3) is 0 Å². The molecule has 0 radical (unpaired) electrons. The summed E-state index contributed by atoms with van der Waals surface area (Å²) in [5.74, 6) is -0.204. The van der Waals surface area contributed by atoms with Gasteiger partial charge in [0.1, 0.15) is 5.82 Å². The van der Waals surface area contributed by atoms with Gasteiger partial charge in [-0.2, -0.15) is 0 Å². The third-order valence-corrected chi connectivity index (χ3v) is 3.61. The van der Waals surface area contributed by atoms with Crippen molar-refractivity contribution in [2.75, 3.05) is 27.2 Å². The summed E-state index contributed by atoms with van der Waals surface area (Å²) in [4.78, 5) is 4.51. The third-order valence-electron chi connectivity index (χ3n) is 3.61. The summed E-state index contributed by atoms with van der Waals surface area (Å²) in [5.41, 5.74) is 7.14. The van der Waals surface area contributed by atoms with Crippen LogP contribution in [0.15, 0.2) is 24.3 Å². The molecule has 1 rings (SSSR count). The summed E-state index contributed by atoms with van der Waals surface area (Å²) in [7, 11) is 4.13. The average molecular weight is 281 g/mol. The van der Waals surface area contributed by atoms with Gasteiger partial charge < -0.3 is 10.6 Å². The lowest BCUT2D eigenvalue weighted by atomic mass is 9.97. The van der Waals surface area contributed by atoms with Crippen LogP contribution in [0.2, 0.25) is 0 Å². The first kappa shape index (κ1) is 17.1. The van der Waals surface area contributed by atoms with Gasteiger partial charge in [-0.1, -0.05) is 19.1 Å². The van der Waals surface area contributed by atoms with Gasteiger partial charge in [-0.05, 0) is 52.2 Å². The van der Waals surface area contributed by atoms with E-state index in [1.165, 1.54) is 6.07 Å². The second-order valence-electron chi connectivity index (χ2n) is 5.80. The molecular weight excluding hydrogens is 253 g/mol. The molecule has 0 saturated carbocycles. The number of rotatable bonds is 7. The van der Waals surface area contributed by atoms with E-state index in [4.69, 9.17) is 5.73 Å². The number of likely N-dealkylation sites (N-methyl/N-ethyl adjacent to an activating group) is 2. The van der Waals surface area contributed by atoms with Crippen molar-refractivity contribution in [3.05, 3.63) is 35.6 Å². The fraction of sp³-hybridized carbons (Fsp3) is 0.625. The van der Waals surface area contributed by atoms with E-state index in [2.05, 4.69) is 37.7 Å². The Balaban J connectivity index is 3.04. The van der Waals surface area contributed by atoms with Crippen molar-refractivity contribution < 1.29 is 4.39 Å². The number of hydrogen-bond donors (Lipinski definition) is 1. The molecule has 0 heterocycles. The molecule has 0 aliphatic rings. The van der Waals surface area contributed by atoms with Gasteiger partial charge in [0.15, 0.2) is 0 Å². The fourth-order valence-electron chi connectivity index (χ4n) is 2.90. The maximum Gasteiger partial charge on any atom is 0.123 e. The zero-order chi connectivity index (χ0) is 15.3. The molecule has 0 bridgehead atoms. The number of benzene rings is 1. The zero-order valence-electron chi connectivity index (χ0n) is 13.3. The largest absolute Gasteiger partial charge is 0.326 e. The van der Waals surface area contributed by atoms with Crippen molar-refractivity contribution in [2.45, 2.75) is 38.9 Å². The molecule has 4 heteroatoms. The van der Waals surface area contributed by atoms with Crippen molar-refractivity contribution >= 4 is 0 Å². The Kier molecular flexibility index (Phi) is 6.59. The maximum atomic E-state index is 13.5. The van der Waals surface area contributed by atoms with Gasteiger partial charge in [0, 0.05) is 18.6 Å². The highest BCUT2D eigenvalue weighted by Gasteiger charge is 2.27. The van der Waals surface area contributed by atoms with Gasteiger partial charge >= 0.3 is 0 Å². The Bertz CT molecular complexity index is 406. The molecule has 0 aliphatic carbocycles. The van der Waals surface area contributed by atoms with Crippen molar-refractivity contribution in [3.63, 3.8) is 0 Å². The topological polar surface area (TPSA) is 32.5 Å². The Morgan fingerprint density at radius 1 is 1.25 bits per heavy atom. The molecule has 3 nitrogen and oxygen atoms in total. The molecule has 20 heavy (non-hydrogen) atoms. The Morgan fingerprint density at radius 2 is 1.90 bits per heavy atom. The van der Waals surface area contributed by atoms with Crippen LogP contribution in [0.3, 0.4) is 0 Å². The van der Waals surface area contributed by atoms with Crippen molar-refractivity contribution in [1.82, 2.24) is 9.80 Å². The van der Waals surface area contributed by atoms with E-state index in [-0.39, 0.29) is 17.9 Å². The molecule has 1 aromatic rings. The van der Waals surface area contributed by atoms with E-state index >= 15 is 0 Å². The van der Waals surface area contributed by atoms with E-state index in [9.17, 15) is 4.39 Å². The number of hydrogen-bond acceptors (Lipinski definition) is 3. The summed E-state index contributed by atoms with van der Waals surface area (Å²) in [6, 6.07) is 7.12. The highest BCUT2D eigenvalue weighted by Crippen LogP contribution is 2.26. The Morgan fingerprint density at radius 3 is 2.35 bits per heavy atom. The van der Waals surface area contributed by atoms with Crippen molar-refractivity contribution in [2.24, 2.45) is 5.73 Å². The number of halogens is 1. The lowest BCUT2D eigenvalue weighted by molar-refractivity contribution is 0.113. The average Bonchev–Trinajstić information content (AvgIpc) is 2.33. The maximum absolute atomic E-state index is 13.5. The van der Waals surface area contributed by atoms with E-state index in [1.807, 2.05) is 13.0 Å². The predicted octanol–water partition coefficient (Wildman–Crippen LogP) is 2.49. The minimum atomic E-state index is -0.204. The Labute approximate surface area is 122 Å². The summed E-state index contributed by atoms with van der Waals surface area (Å²) in [5, 5.41) is 0. The molecule has 0 aliphatic heterocycles. The number of nitrogens with two attached hydrogens (primary N) is 1. The van der Waals surface area contributed by atoms with Crippen LogP contribution in [-0.4, -0.2) is 49.1 Å². The second kappa shape index (κ2) is 7.72. The third kappa shape index (κ3) is 4.54. The highest BCUT2D eigenvalue weighted by molar-refractivity contribution is 5.22. The van der Waals surface area contributed by atoms with E-state index in [1.54, 1.807) is 12.1 Å². The predicted molar refractivity (Wildman–Crippen MR) is 83.2 cm³/mol. The highest BCUT2D eigenvalue weighted by atomic mass is 19.1. The van der Waals surface area contributed by atoms with Gasteiger partial charge in [-0.3, -0.25) is 4.90 Å². The van der Waals surface area contributed by atoms with Crippen LogP contribution in [0.25, 0.3) is 0 Å². The minimum Gasteiger partial charge on any atom is -0.326 e. The van der Waals surface area contributed by atoms with Crippen molar-refractivity contribution in [1.29, 1.82) is 0 Å². The van der Waals surface area contributed by atoms with Crippen LogP contribution in [0.4, 0.5) is 4.39 Å². The van der Waals surface area contributed by atoms with Crippen LogP contribution in [0.5, 0.6) is 0 Å². The number of nitrogens with zero attached hydrogens (tertiary/aromatic N) is 2. The molecule has 3 atom stereocenters. The summed E-state index contributed by atoms with van der Waals surface area (Å²) >= 11 is 0. The summed E-state index contributed by atoms with van der Waals surface area (Å²) < 4.78 is 13.5. The first-order valence-corrected chi connectivity index (χ1v) is 7.28. The van der Waals surface area contributed by atoms with E-state index < -0.39 is 0 Å². The molecule has 0 spiro atoms. The molecular formula is C16H28FN3. The summed E-state index contributed by atoms with van der Waals surface area (Å²) in [6.45, 7) is 8.14. The lowest BCUT2D eigenvalue weighted by Gasteiger charge is -2.39. The Hall–Kier alpha value is -0.970. The van der Waals surface area contributed by atoms with Crippen LogP contribution >= 0.6 is 0 Å². The van der Waals surface area contributed by atoms with Crippen LogP contribution < -0.4 is 5.73 Å². The standard InChI is InChI=1S/C16H28FN3/c1-6-20(12(2)11-19(4)5)16(13(3)18)14-8-7-9-15(17)10-14/h7-10,12-13,16H,6,11,18H2,1-5H3. The SMILES string of the molecule is CCN(C(C)CN(C)C)C(c1cccc(F)c1)C(C)N. The molecule has 114 valence electrons. The minimum absolute atomic E-state index is 0.0330. The zero-order valence-corrected chi connectivity index (χ0v) is 13.3. The normalized spacial score (nSPS) is 16.4. The molecule has 0 amide bonds. The van der Waals surface area contributed by atoms with Gasteiger partial charge in [-0.25, -0.2) is 4.39 Å². The van der Waals surface area contributed by atoms with Crippen LogP contribution in [0.1, 0.15) is 32.4 Å². The first-order valence-electron chi connectivity index (χ1n) is 7.28. The quantitative estimate of drug-likeness (QED) is 0.833. The molecule has 1 aromatic carbocycles. The fourth-order valence-corrected chi connectivity index (χ4v) is 2.90. The molecule has 0 saturated heterocycles.